The number of ether oxygens (including phenoxy) is 1. The predicted molar refractivity (Wildman–Crippen MR) is 268 cm³/mol. The number of aliphatic hydroxyl groups is 2. The van der Waals surface area contributed by atoms with Crippen molar-refractivity contribution in [3.8, 4) is 0 Å². The molecule has 0 saturated heterocycles. The minimum absolute atomic E-state index is 0.0197. The molecule has 0 aliphatic carbocycles. The van der Waals surface area contributed by atoms with Gasteiger partial charge >= 0.3 is 5.97 Å². The highest BCUT2D eigenvalue weighted by molar-refractivity contribution is 5.77. The van der Waals surface area contributed by atoms with Gasteiger partial charge < -0.3 is 20.3 Å². The molecule has 0 aromatic heterocycles. The maximum Gasteiger partial charge on any atom is 0.306 e. The molecule has 62 heavy (non-hydrogen) atoms. The molecule has 0 spiro atoms. The number of esters is 1. The van der Waals surface area contributed by atoms with Crippen molar-refractivity contribution in [2.75, 3.05) is 6.61 Å². The Balaban J connectivity index is 4.69. The van der Waals surface area contributed by atoms with Crippen LogP contribution in [0.3, 0.4) is 0 Å². The second-order valence-electron chi connectivity index (χ2n) is 17.0. The van der Waals surface area contributed by atoms with Gasteiger partial charge in [0.15, 0.2) is 0 Å². The van der Waals surface area contributed by atoms with Crippen LogP contribution in [0.5, 0.6) is 0 Å². The summed E-state index contributed by atoms with van der Waals surface area (Å²) in [7, 11) is 0. The van der Waals surface area contributed by atoms with Gasteiger partial charge in [-0.3, -0.25) is 9.59 Å². The highest BCUT2D eigenvalue weighted by Crippen LogP contribution is 2.16. The first kappa shape index (κ1) is 58.8. The molecule has 0 fully saturated rings. The molecule has 3 N–H and O–H groups in total. The monoisotopic (exact) mass is 862 g/mol. The fraction of sp³-hybridized carbons (Fsp3) is 0.679. The van der Waals surface area contributed by atoms with Crippen LogP contribution in [-0.4, -0.2) is 46.9 Å². The van der Waals surface area contributed by atoms with E-state index in [1.807, 2.05) is 60.8 Å². The Morgan fingerprint density at radius 1 is 0.500 bits per heavy atom. The topological polar surface area (TPSA) is 95.9 Å². The second kappa shape index (κ2) is 48.8. The van der Waals surface area contributed by atoms with Crippen LogP contribution in [-0.2, 0) is 14.3 Å². The van der Waals surface area contributed by atoms with E-state index in [2.05, 4.69) is 62.5 Å². The summed E-state index contributed by atoms with van der Waals surface area (Å²) in [6.45, 7) is 6.26. The molecule has 1 amide bonds. The van der Waals surface area contributed by atoms with Crippen molar-refractivity contribution in [2.45, 2.75) is 238 Å². The highest BCUT2D eigenvalue weighted by Gasteiger charge is 2.24. The van der Waals surface area contributed by atoms with E-state index in [1.165, 1.54) is 109 Å². The van der Waals surface area contributed by atoms with Crippen LogP contribution >= 0.6 is 0 Å². The quantitative estimate of drug-likeness (QED) is 0.0245. The molecule has 0 heterocycles. The minimum Gasteiger partial charge on any atom is -0.462 e. The molecule has 354 valence electrons. The molecule has 3 atom stereocenters. The summed E-state index contributed by atoms with van der Waals surface area (Å²) >= 11 is 0. The summed E-state index contributed by atoms with van der Waals surface area (Å²) in [5.74, 6) is -0.561. The number of hydrogen-bond donors (Lipinski definition) is 3. The van der Waals surface area contributed by atoms with Gasteiger partial charge in [0.2, 0.25) is 5.91 Å². The lowest BCUT2D eigenvalue weighted by atomic mass is 10.0. The van der Waals surface area contributed by atoms with E-state index in [4.69, 9.17) is 4.74 Å². The lowest BCUT2D eigenvalue weighted by Gasteiger charge is -2.24. The summed E-state index contributed by atoms with van der Waals surface area (Å²) < 4.78 is 5.89. The van der Waals surface area contributed by atoms with E-state index >= 15 is 0 Å². The number of nitrogens with one attached hydrogen (secondary N) is 1. The Kier molecular flexibility index (Phi) is 46.3. The largest absolute Gasteiger partial charge is 0.462 e. The lowest BCUT2D eigenvalue weighted by Crippen LogP contribution is -2.46. The molecule has 0 aromatic rings. The van der Waals surface area contributed by atoms with Crippen LogP contribution in [0.1, 0.15) is 220 Å². The fourth-order valence-corrected chi connectivity index (χ4v) is 7.20. The summed E-state index contributed by atoms with van der Waals surface area (Å²) in [5, 5.41) is 23.6. The van der Waals surface area contributed by atoms with E-state index in [0.29, 0.717) is 19.3 Å². The van der Waals surface area contributed by atoms with Crippen molar-refractivity contribution in [3.63, 3.8) is 0 Å². The average molecular weight is 862 g/mol. The first-order chi connectivity index (χ1) is 30.5. The molecule has 3 unspecified atom stereocenters. The fourth-order valence-electron chi connectivity index (χ4n) is 7.20. The van der Waals surface area contributed by atoms with Crippen molar-refractivity contribution in [1.82, 2.24) is 5.32 Å². The normalized spacial score (nSPS) is 14.1. The summed E-state index contributed by atoms with van der Waals surface area (Å²) in [4.78, 5) is 26.1. The van der Waals surface area contributed by atoms with Gasteiger partial charge in [0.05, 0.1) is 25.2 Å². The van der Waals surface area contributed by atoms with Gasteiger partial charge in [-0.05, 0) is 70.6 Å². The smallest absolute Gasteiger partial charge is 0.306 e. The van der Waals surface area contributed by atoms with Crippen LogP contribution in [0.4, 0.5) is 0 Å². The number of allylic oxidation sites excluding steroid dienone is 16. The van der Waals surface area contributed by atoms with Crippen LogP contribution in [0.25, 0.3) is 0 Å². The third kappa shape index (κ3) is 43.4. The van der Waals surface area contributed by atoms with Crippen LogP contribution < -0.4 is 5.32 Å². The molecule has 0 aliphatic rings. The van der Waals surface area contributed by atoms with E-state index in [-0.39, 0.29) is 24.9 Å². The van der Waals surface area contributed by atoms with Crippen LogP contribution in [0, 0.1) is 0 Å². The van der Waals surface area contributed by atoms with Gasteiger partial charge in [0.25, 0.3) is 0 Å². The molecule has 0 rings (SSSR count). The molecule has 0 radical (unpaired) electrons. The molecule has 0 aromatic carbocycles. The van der Waals surface area contributed by atoms with Gasteiger partial charge in [0, 0.05) is 6.42 Å². The first-order valence-electron chi connectivity index (χ1n) is 25.5. The van der Waals surface area contributed by atoms with Gasteiger partial charge in [-0.2, -0.15) is 0 Å². The van der Waals surface area contributed by atoms with Gasteiger partial charge in [-0.15, -0.1) is 0 Å². The number of carbonyl (C=O) groups excluding carboxylic acids is 2. The second-order valence-corrected chi connectivity index (χ2v) is 17.0. The Bertz CT molecular complexity index is 1240. The average Bonchev–Trinajstić information content (AvgIpc) is 3.26. The maximum absolute atomic E-state index is 13.2. The number of aliphatic hydroxyl groups excluding tert-OH is 2. The van der Waals surface area contributed by atoms with Crippen molar-refractivity contribution in [2.24, 2.45) is 0 Å². The molecule has 0 saturated carbocycles. The lowest BCUT2D eigenvalue weighted by molar-refractivity contribution is -0.151. The standard InChI is InChI=1S/C56H95NO5/c1-4-7-10-13-16-19-21-23-25-26-27-28-30-32-34-37-40-43-46-49-56(61)62-52(47-44-41-38-36-33-31-29-24-22-20-17-14-11-8-5-2)50-55(60)57-53(51-58)54(59)48-45-42-39-35-18-15-12-9-6-3/h8,11,14,16-17,19-20,22-25,29,31,33,36,38,52-54,58-59H,4-7,9-10,12-13,15,18,21,26-28,30,32,34-35,37,39-51H2,1-3H3,(H,57,60)/b11-8-,17-14+,19-16-,22-20+,25-23-,29-24-,33-31+,38-36+. The number of rotatable bonds is 44. The predicted octanol–water partition coefficient (Wildman–Crippen LogP) is 15.3. The van der Waals surface area contributed by atoms with Crippen LogP contribution in [0.15, 0.2) is 97.2 Å². The van der Waals surface area contributed by atoms with Crippen molar-refractivity contribution < 1.29 is 24.5 Å². The van der Waals surface area contributed by atoms with E-state index in [9.17, 15) is 19.8 Å². The maximum atomic E-state index is 13.2. The Morgan fingerprint density at radius 3 is 1.50 bits per heavy atom. The zero-order valence-corrected chi connectivity index (χ0v) is 40.2. The third-order valence-electron chi connectivity index (χ3n) is 11.1. The van der Waals surface area contributed by atoms with Crippen molar-refractivity contribution in [1.29, 1.82) is 0 Å². The third-order valence-corrected chi connectivity index (χ3v) is 11.1. The van der Waals surface area contributed by atoms with E-state index in [1.54, 1.807) is 0 Å². The van der Waals surface area contributed by atoms with Gasteiger partial charge in [-0.1, -0.05) is 234 Å². The Morgan fingerprint density at radius 2 is 0.952 bits per heavy atom. The van der Waals surface area contributed by atoms with Gasteiger partial charge in [-0.25, -0.2) is 0 Å². The number of carbonyl (C=O) groups is 2. The van der Waals surface area contributed by atoms with Crippen molar-refractivity contribution >= 4 is 11.9 Å². The van der Waals surface area contributed by atoms with Crippen LogP contribution in [0.2, 0.25) is 0 Å². The van der Waals surface area contributed by atoms with E-state index < -0.39 is 18.2 Å². The summed E-state index contributed by atoms with van der Waals surface area (Å²) in [6.07, 6.45) is 64.7. The van der Waals surface area contributed by atoms with E-state index in [0.717, 1.165) is 64.2 Å². The molecular formula is C56H95NO5. The number of amides is 1. The molecule has 6 heteroatoms. The zero-order chi connectivity index (χ0) is 45.2. The summed E-state index contributed by atoms with van der Waals surface area (Å²) in [5.41, 5.74) is 0. The molecular weight excluding hydrogens is 767 g/mol. The molecule has 0 aliphatic heterocycles. The SMILES string of the molecule is CC\C=C/C=C/C=C/C=C\C=C\C=C\CCCC(CC(=O)NC(CO)C(O)CCCCCCCCCCC)OC(=O)CCCCCCCCCCC/C=C\C/C=C\CCCCC. The van der Waals surface area contributed by atoms with Crippen molar-refractivity contribution in [3.05, 3.63) is 97.2 Å². The first-order valence-corrected chi connectivity index (χ1v) is 25.5. The molecule has 6 nitrogen and oxygen atoms in total. The minimum atomic E-state index is -0.812. The highest BCUT2D eigenvalue weighted by atomic mass is 16.5. The van der Waals surface area contributed by atoms with Gasteiger partial charge in [0.1, 0.15) is 6.10 Å². The summed E-state index contributed by atoms with van der Waals surface area (Å²) in [6, 6.07) is -0.730. The Hall–Kier alpha value is -3.22. The Labute approximate surface area is 382 Å². The molecule has 0 bridgehead atoms. The zero-order valence-electron chi connectivity index (χ0n) is 40.2. The number of unbranched alkanes of at least 4 members (excludes halogenated alkanes) is 21. The number of hydrogen-bond acceptors (Lipinski definition) is 5.